The summed E-state index contributed by atoms with van der Waals surface area (Å²) in [4.78, 5) is 17.3. The molecule has 1 atom stereocenters. The van der Waals surface area contributed by atoms with Gasteiger partial charge in [0.05, 0.1) is 0 Å². The molecule has 0 N–H and O–H groups in total. The van der Waals surface area contributed by atoms with Gasteiger partial charge in [0.2, 0.25) is 0 Å². The maximum Gasteiger partial charge on any atom is 0.271 e. The van der Waals surface area contributed by atoms with Crippen LogP contribution in [0.2, 0.25) is 0 Å². The van der Waals surface area contributed by atoms with E-state index < -0.39 is 0 Å². The van der Waals surface area contributed by atoms with E-state index in [-0.39, 0.29) is 5.91 Å². The van der Waals surface area contributed by atoms with Crippen molar-refractivity contribution in [3.8, 4) is 0 Å². The Morgan fingerprint density at radius 1 is 1.53 bits per heavy atom. The van der Waals surface area contributed by atoms with Crippen LogP contribution in [-0.4, -0.2) is 29.9 Å². The molecule has 0 bridgehead atoms. The normalized spacial score (nSPS) is 12.3. The molecular formula is C12H18N2O. The van der Waals surface area contributed by atoms with Gasteiger partial charge < -0.3 is 4.90 Å². The smallest absolute Gasteiger partial charge is 0.271 e. The summed E-state index contributed by atoms with van der Waals surface area (Å²) in [6, 6.07) is 3.86. The van der Waals surface area contributed by atoms with E-state index in [2.05, 4.69) is 18.8 Å². The van der Waals surface area contributed by atoms with E-state index in [4.69, 9.17) is 0 Å². The molecule has 0 aromatic carbocycles. The number of hydrogen-bond donors (Lipinski definition) is 0. The van der Waals surface area contributed by atoms with Crippen molar-refractivity contribution in [1.29, 1.82) is 0 Å². The monoisotopic (exact) mass is 206 g/mol. The highest BCUT2D eigenvalue weighted by Gasteiger charge is 2.11. The third kappa shape index (κ3) is 2.78. The first-order valence-corrected chi connectivity index (χ1v) is 5.23. The Bertz CT molecular complexity index is 347. The molecule has 0 radical (unpaired) electrons. The van der Waals surface area contributed by atoms with Gasteiger partial charge in [0.15, 0.2) is 0 Å². The van der Waals surface area contributed by atoms with Gasteiger partial charge in [-0.1, -0.05) is 13.8 Å². The van der Waals surface area contributed by atoms with Gasteiger partial charge in [0.1, 0.15) is 5.69 Å². The second-order valence-corrected chi connectivity index (χ2v) is 3.98. The predicted octanol–water partition coefficient (Wildman–Crippen LogP) is 2.30. The number of nitrogens with zero attached hydrogens (tertiary/aromatic N) is 2. The van der Waals surface area contributed by atoms with Crippen LogP contribution in [0.15, 0.2) is 18.3 Å². The number of amides is 1. The fraction of sp³-hybridized carbons (Fsp3) is 0.500. The van der Waals surface area contributed by atoms with Gasteiger partial charge in [0.25, 0.3) is 5.91 Å². The zero-order valence-electron chi connectivity index (χ0n) is 9.82. The second kappa shape index (κ2) is 4.91. The van der Waals surface area contributed by atoms with Crippen molar-refractivity contribution in [3.63, 3.8) is 0 Å². The summed E-state index contributed by atoms with van der Waals surface area (Å²) in [6.07, 6.45) is 2.78. The average Bonchev–Trinajstić information content (AvgIpc) is 2.27. The molecular weight excluding hydrogens is 188 g/mol. The van der Waals surface area contributed by atoms with Crippen molar-refractivity contribution < 1.29 is 4.79 Å². The van der Waals surface area contributed by atoms with E-state index >= 15 is 0 Å². The molecule has 1 aromatic rings. The molecule has 1 heterocycles. The van der Waals surface area contributed by atoms with Crippen LogP contribution in [0, 0.1) is 0 Å². The second-order valence-electron chi connectivity index (χ2n) is 3.98. The van der Waals surface area contributed by atoms with E-state index in [1.54, 1.807) is 25.2 Å². The Morgan fingerprint density at radius 2 is 2.20 bits per heavy atom. The lowest BCUT2D eigenvalue weighted by molar-refractivity contribution is 0.0822. The molecule has 0 spiro atoms. The van der Waals surface area contributed by atoms with E-state index in [1.807, 2.05) is 12.1 Å². The van der Waals surface area contributed by atoms with Gasteiger partial charge in [-0.25, -0.2) is 0 Å². The van der Waals surface area contributed by atoms with Crippen LogP contribution >= 0.6 is 0 Å². The lowest BCUT2D eigenvalue weighted by atomic mass is 9.99. The van der Waals surface area contributed by atoms with E-state index in [0.29, 0.717) is 11.6 Å². The molecule has 0 saturated carbocycles. The molecule has 3 heteroatoms. The number of hydrogen-bond acceptors (Lipinski definition) is 2. The van der Waals surface area contributed by atoms with Crippen LogP contribution in [0.3, 0.4) is 0 Å². The molecule has 0 aliphatic heterocycles. The van der Waals surface area contributed by atoms with Gasteiger partial charge in [-0.05, 0) is 30.0 Å². The molecule has 0 fully saturated rings. The summed E-state index contributed by atoms with van der Waals surface area (Å²) in [5.74, 6) is 0.432. The number of pyridine rings is 1. The highest BCUT2D eigenvalue weighted by molar-refractivity contribution is 5.92. The number of aromatic nitrogens is 1. The van der Waals surface area contributed by atoms with Crippen LogP contribution in [0.4, 0.5) is 0 Å². The minimum Gasteiger partial charge on any atom is -0.343 e. The quantitative estimate of drug-likeness (QED) is 0.760. The highest BCUT2D eigenvalue weighted by Crippen LogP contribution is 2.18. The predicted molar refractivity (Wildman–Crippen MR) is 61.0 cm³/mol. The molecule has 1 unspecified atom stereocenters. The lowest BCUT2D eigenvalue weighted by Crippen LogP contribution is -2.22. The van der Waals surface area contributed by atoms with Gasteiger partial charge in [-0.2, -0.15) is 0 Å². The Morgan fingerprint density at radius 3 is 2.73 bits per heavy atom. The van der Waals surface area contributed by atoms with Crippen LogP contribution in [0.25, 0.3) is 0 Å². The fourth-order valence-electron chi connectivity index (χ4n) is 1.34. The largest absolute Gasteiger partial charge is 0.343 e. The maximum absolute atomic E-state index is 11.7. The molecule has 1 aromatic heterocycles. The standard InChI is InChI=1S/C12H18N2O/c1-5-9(2)10-6-7-13-11(8-10)12(15)14(3)4/h6-9H,5H2,1-4H3. The molecule has 15 heavy (non-hydrogen) atoms. The molecule has 0 aliphatic carbocycles. The fourth-order valence-corrected chi connectivity index (χ4v) is 1.34. The summed E-state index contributed by atoms with van der Waals surface area (Å²) in [5.41, 5.74) is 1.70. The highest BCUT2D eigenvalue weighted by atomic mass is 16.2. The lowest BCUT2D eigenvalue weighted by Gasteiger charge is -2.12. The van der Waals surface area contributed by atoms with Crippen molar-refractivity contribution in [3.05, 3.63) is 29.6 Å². The SMILES string of the molecule is CCC(C)c1ccnc(C(=O)N(C)C)c1. The van der Waals surface area contributed by atoms with Gasteiger partial charge in [-0.3, -0.25) is 9.78 Å². The first-order valence-electron chi connectivity index (χ1n) is 5.23. The molecule has 0 aliphatic rings. The Balaban J connectivity index is 2.97. The number of rotatable bonds is 3. The first-order chi connectivity index (χ1) is 7.06. The number of carbonyl (C=O) groups is 1. The summed E-state index contributed by atoms with van der Waals surface area (Å²) in [5, 5.41) is 0. The van der Waals surface area contributed by atoms with E-state index in [9.17, 15) is 4.79 Å². The zero-order valence-corrected chi connectivity index (χ0v) is 9.82. The zero-order chi connectivity index (χ0) is 11.4. The van der Waals surface area contributed by atoms with Gasteiger partial charge >= 0.3 is 0 Å². The van der Waals surface area contributed by atoms with Crippen LogP contribution in [0.5, 0.6) is 0 Å². The Kier molecular flexibility index (Phi) is 3.83. The van der Waals surface area contributed by atoms with Crippen molar-refractivity contribution in [2.24, 2.45) is 0 Å². The Hall–Kier alpha value is -1.38. The minimum atomic E-state index is -0.0415. The topological polar surface area (TPSA) is 33.2 Å². The first kappa shape index (κ1) is 11.7. The van der Waals surface area contributed by atoms with Crippen molar-refractivity contribution in [2.45, 2.75) is 26.2 Å². The van der Waals surface area contributed by atoms with Crippen molar-refractivity contribution in [2.75, 3.05) is 14.1 Å². The Labute approximate surface area is 91.1 Å². The average molecular weight is 206 g/mol. The van der Waals surface area contributed by atoms with Crippen LogP contribution in [-0.2, 0) is 0 Å². The number of carbonyl (C=O) groups excluding carboxylic acids is 1. The molecule has 3 nitrogen and oxygen atoms in total. The molecule has 1 rings (SSSR count). The van der Waals surface area contributed by atoms with Gasteiger partial charge in [-0.15, -0.1) is 0 Å². The summed E-state index contributed by atoms with van der Waals surface area (Å²) in [6.45, 7) is 4.29. The third-order valence-electron chi connectivity index (χ3n) is 2.59. The van der Waals surface area contributed by atoms with Crippen molar-refractivity contribution >= 4 is 5.91 Å². The maximum atomic E-state index is 11.7. The van der Waals surface area contributed by atoms with Crippen molar-refractivity contribution in [1.82, 2.24) is 9.88 Å². The van der Waals surface area contributed by atoms with Crippen LogP contribution in [0.1, 0.15) is 42.2 Å². The summed E-state index contributed by atoms with van der Waals surface area (Å²) in [7, 11) is 3.47. The van der Waals surface area contributed by atoms with Crippen LogP contribution < -0.4 is 0 Å². The third-order valence-corrected chi connectivity index (χ3v) is 2.59. The minimum absolute atomic E-state index is 0.0415. The van der Waals surface area contributed by atoms with E-state index in [1.165, 1.54) is 5.56 Å². The van der Waals surface area contributed by atoms with E-state index in [0.717, 1.165) is 6.42 Å². The molecule has 0 saturated heterocycles. The molecule has 82 valence electrons. The van der Waals surface area contributed by atoms with Gasteiger partial charge in [0, 0.05) is 20.3 Å². The summed E-state index contributed by atoms with van der Waals surface area (Å²) < 4.78 is 0. The summed E-state index contributed by atoms with van der Waals surface area (Å²) >= 11 is 0. The molecule has 1 amide bonds.